The van der Waals surface area contributed by atoms with Crippen LogP contribution in [0.4, 0.5) is 0 Å². The molecular weight excluding hydrogens is 362 g/mol. The molecule has 1 atom stereocenters. The number of aliphatic hydroxyl groups is 1. The van der Waals surface area contributed by atoms with Crippen LogP contribution in [0.15, 0.2) is 30.3 Å². The fourth-order valence-corrected chi connectivity index (χ4v) is 5.71. The van der Waals surface area contributed by atoms with Crippen molar-refractivity contribution in [3.05, 3.63) is 35.9 Å². The number of rotatable bonds is 5. The largest absolute Gasteiger partial charge is 0.396 e. The summed E-state index contributed by atoms with van der Waals surface area (Å²) in [5.74, 6) is 0.635. The SMILES string of the molecule is O=C(CN1CCCCCC1)N1CCC2(CC1)CN(Cc1ccccc1)CC2CO. The number of carbonyl (C=O) groups is 1. The van der Waals surface area contributed by atoms with Crippen molar-refractivity contribution in [3.63, 3.8) is 0 Å². The van der Waals surface area contributed by atoms with Gasteiger partial charge in [-0.2, -0.15) is 0 Å². The van der Waals surface area contributed by atoms with Crippen LogP contribution in [0.5, 0.6) is 0 Å². The lowest BCUT2D eigenvalue weighted by Crippen LogP contribution is -2.49. The first-order chi connectivity index (χ1) is 14.2. The number of nitrogens with zero attached hydrogens (tertiary/aromatic N) is 3. The lowest BCUT2D eigenvalue weighted by atomic mass is 9.71. The van der Waals surface area contributed by atoms with Gasteiger partial charge in [0.05, 0.1) is 6.54 Å². The van der Waals surface area contributed by atoms with Crippen molar-refractivity contribution in [2.75, 3.05) is 52.4 Å². The van der Waals surface area contributed by atoms with Crippen molar-refractivity contribution in [3.8, 4) is 0 Å². The zero-order valence-electron chi connectivity index (χ0n) is 17.8. The summed E-state index contributed by atoms with van der Waals surface area (Å²) < 4.78 is 0. The highest BCUT2D eigenvalue weighted by Crippen LogP contribution is 2.45. The monoisotopic (exact) mass is 399 g/mol. The molecule has 3 aliphatic rings. The summed E-state index contributed by atoms with van der Waals surface area (Å²) in [5.41, 5.74) is 1.51. The van der Waals surface area contributed by atoms with Gasteiger partial charge in [0.15, 0.2) is 0 Å². The molecule has 1 amide bonds. The minimum atomic E-state index is 0.170. The maximum absolute atomic E-state index is 12.9. The van der Waals surface area contributed by atoms with E-state index in [1.165, 1.54) is 31.2 Å². The van der Waals surface area contributed by atoms with E-state index in [-0.39, 0.29) is 12.0 Å². The fourth-order valence-electron chi connectivity index (χ4n) is 5.71. The Morgan fingerprint density at radius 1 is 0.966 bits per heavy atom. The van der Waals surface area contributed by atoms with Crippen molar-refractivity contribution in [1.29, 1.82) is 0 Å². The van der Waals surface area contributed by atoms with Gasteiger partial charge < -0.3 is 10.0 Å². The summed E-state index contributed by atoms with van der Waals surface area (Å²) in [4.78, 5) is 19.8. The molecule has 160 valence electrons. The molecule has 1 spiro atoms. The highest BCUT2D eigenvalue weighted by atomic mass is 16.3. The van der Waals surface area contributed by atoms with Gasteiger partial charge in [0.1, 0.15) is 0 Å². The molecule has 3 aliphatic heterocycles. The van der Waals surface area contributed by atoms with Crippen LogP contribution in [-0.4, -0.2) is 78.1 Å². The maximum atomic E-state index is 12.9. The van der Waals surface area contributed by atoms with E-state index in [9.17, 15) is 9.90 Å². The maximum Gasteiger partial charge on any atom is 0.236 e. The van der Waals surface area contributed by atoms with Gasteiger partial charge in [0, 0.05) is 45.2 Å². The number of carbonyl (C=O) groups excluding carboxylic acids is 1. The van der Waals surface area contributed by atoms with Crippen molar-refractivity contribution in [2.45, 2.75) is 45.1 Å². The molecule has 1 unspecified atom stereocenters. The topological polar surface area (TPSA) is 47.0 Å². The van der Waals surface area contributed by atoms with Crippen molar-refractivity contribution in [1.82, 2.24) is 14.7 Å². The smallest absolute Gasteiger partial charge is 0.236 e. The molecular formula is C24H37N3O2. The molecule has 3 fully saturated rings. The first kappa shape index (κ1) is 20.8. The minimum absolute atomic E-state index is 0.170. The average Bonchev–Trinajstić information content (AvgIpc) is 2.90. The predicted octanol–water partition coefficient (Wildman–Crippen LogP) is 2.60. The Hall–Kier alpha value is -1.43. The summed E-state index contributed by atoms with van der Waals surface area (Å²) in [6.45, 7) is 7.66. The van der Waals surface area contributed by atoms with Crippen LogP contribution in [0.3, 0.4) is 0 Å². The standard InChI is InChI=1S/C24H37N3O2/c28-19-22-17-26(16-21-8-4-3-5-9-21)20-24(22)10-14-27(15-11-24)23(29)18-25-12-6-1-2-7-13-25/h3-5,8-9,22,28H,1-2,6-7,10-20H2. The first-order valence-electron chi connectivity index (χ1n) is 11.6. The lowest BCUT2D eigenvalue weighted by Gasteiger charge is -2.42. The van der Waals surface area contributed by atoms with E-state index in [1.54, 1.807) is 0 Å². The molecule has 0 saturated carbocycles. The number of piperidine rings is 1. The van der Waals surface area contributed by atoms with E-state index < -0.39 is 0 Å². The van der Waals surface area contributed by atoms with Crippen LogP contribution in [0.25, 0.3) is 0 Å². The summed E-state index contributed by atoms with van der Waals surface area (Å²) >= 11 is 0. The second-order valence-electron chi connectivity index (χ2n) is 9.47. The Morgan fingerprint density at radius 2 is 1.66 bits per heavy atom. The number of hydrogen-bond acceptors (Lipinski definition) is 4. The van der Waals surface area contributed by atoms with Crippen LogP contribution in [0.1, 0.15) is 44.1 Å². The van der Waals surface area contributed by atoms with E-state index in [1.807, 2.05) is 0 Å². The van der Waals surface area contributed by atoms with Gasteiger partial charge in [-0.3, -0.25) is 14.6 Å². The zero-order chi connectivity index (χ0) is 20.1. The number of likely N-dealkylation sites (tertiary alicyclic amines) is 3. The third kappa shape index (κ3) is 5.01. The molecule has 0 aliphatic carbocycles. The van der Waals surface area contributed by atoms with Crippen molar-refractivity contribution < 1.29 is 9.90 Å². The highest BCUT2D eigenvalue weighted by Gasteiger charge is 2.47. The van der Waals surface area contributed by atoms with Gasteiger partial charge >= 0.3 is 0 Å². The Kier molecular flexibility index (Phi) is 6.88. The van der Waals surface area contributed by atoms with E-state index in [2.05, 4.69) is 45.0 Å². The molecule has 1 N–H and O–H groups in total. The molecule has 5 heteroatoms. The molecule has 0 radical (unpaired) electrons. The third-order valence-corrected chi connectivity index (χ3v) is 7.52. The second kappa shape index (κ2) is 9.59. The molecule has 1 aromatic carbocycles. The summed E-state index contributed by atoms with van der Waals surface area (Å²) in [6, 6.07) is 10.6. The van der Waals surface area contributed by atoms with Gasteiger partial charge in [-0.25, -0.2) is 0 Å². The minimum Gasteiger partial charge on any atom is -0.396 e. The third-order valence-electron chi connectivity index (χ3n) is 7.52. The molecule has 0 aromatic heterocycles. The van der Waals surface area contributed by atoms with Gasteiger partial charge in [-0.1, -0.05) is 43.2 Å². The van der Waals surface area contributed by atoms with Crippen molar-refractivity contribution >= 4 is 5.91 Å². The van der Waals surface area contributed by atoms with Gasteiger partial charge in [-0.05, 0) is 49.8 Å². The molecule has 3 heterocycles. The van der Waals surface area contributed by atoms with Crippen LogP contribution in [-0.2, 0) is 11.3 Å². The van der Waals surface area contributed by atoms with E-state index >= 15 is 0 Å². The Labute approximate surface area is 175 Å². The Bertz CT molecular complexity index is 649. The van der Waals surface area contributed by atoms with Gasteiger partial charge in [-0.15, -0.1) is 0 Å². The van der Waals surface area contributed by atoms with Crippen LogP contribution in [0.2, 0.25) is 0 Å². The normalized spacial score (nSPS) is 26.0. The summed E-state index contributed by atoms with van der Waals surface area (Å²) in [7, 11) is 0. The number of hydrogen-bond donors (Lipinski definition) is 1. The zero-order valence-corrected chi connectivity index (χ0v) is 17.8. The highest BCUT2D eigenvalue weighted by molar-refractivity contribution is 5.78. The van der Waals surface area contributed by atoms with E-state index in [0.717, 1.165) is 58.7 Å². The van der Waals surface area contributed by atoms with Gasteiger partial charge in [0.25, 0.3) is 0 Å². The molecule has 3 saturated heterocycles. The Balaban J connectivity index is 1.31. The molecule has 4 rings (SSSR count). The fraction of sp³-hybridized carbons (Fsp3) is 0.708. The predicted molar refractivity (Wildman–Crippen MR) is 115 cm³/mol. The molecule has 5 nitrogen and oxygen atoms in total. The number of amides is 1. The molecule has 1 aromatic rings. The van der Waals surface area contributed by atoms with Crippen LogP contribution >= 0.6 is 0 Å². The van der Waals surface area contributed by atoms with Crippen molar-refractivity contribution in [2.24, 2.45) is 11.3 Å². The summed E-state index contributed by atoms with van der Waals surface area (Å²) in [5, 5.41) is 10.1. The quantitative estimate of drug-likeness (QED) is 0.827. The van der Waals surface area contributed by atoms with E-state index in [4.69, 9.17) is 0 Å². The van der Waals surface area contributed by atoms with Crippen LogP contribution < -0.4 is 0 Å². The Morgan fingerprint density at radius 3 is 2.31 bits per heavy atom. The van der Waals surface area contributed by atoms with Crippen LogP contribution in [0, 0.1) is 11.3 Å². The summed E-state index contributed by atoms with van der Waals surface area (Å²) in [6.07, 6.45) is 7.11. The average molecular weight is 400 g/mol. The second-order valence-corrected chi connectivity index (χ2v) is 9.47. The number of aliphatic hydroxyl groups excluding tert-OH is 1. The van der Waals surface area contributed by atoms with Gasteiger partial charge in [0.2, 0.25) is 5.91 Å². The lowest BCUT2D eigenvalue weighted by molar-refractivity contribution is -0.135. The molecule has 29 heavy (non-hydrogen) atoms. The first-order valence-corrected chi connectivity index (χ1v) is 11.6. The number of benzene rings is 1. The molecule has 0 bridgehead atoms. The van der Waals surface area contributed by atoms with E-state index in [0.29, 0.717) is 18.4 Å².